The largest absolute Gasteiger partial charge is 1.00 e. The Labute approximate surface area is 64.2 Å². The Morgan fingerprint density at radius 2 is 1.38 bits per heavy atom. The van der Waals surface area contributed by atoms with Gasteiger partial charge in [0.25, 0.3) is 0 Å². The number of carbonyl (C=O) groups is 2. The van der Waals surface area contributed by atoms with E-state index in [-0.39, 0.29) is 33.9 Å². The van der Waals surface area contributed by atoms with Crippen LogP contribution in [0.3, 0.4) is 0 Å². The molecule has 50 valence electrons. The number of Topliss-reactive ketones (excluding diaryl/α,β-unsaturated/α-hetero) is 2. The van der Waals surface area contributed by atoms with E-state index in [1.807, 2.05) is 0 Å². The SMILES string of the molecule is CC(=O)[CH-]C(C)=O.[Au+]. The number of hydrogen-bond donors (Lipinski definition) is 0. The van der Waals surface area contributed by atoms with Crippen LogP contribution in [0.5, 0.6) is 0 Å². The Kier molecular flexibility index (Phi) is 6.91. The molecule has 0 aromatic carbocycles. The third-order valence-electron chi connectivity index (χ3n) is 0.407. The summed E-state index contributed by atoms with van der Waals surface area (Å²) in [5.41, 5.74) is 0. The summed E-state index contributed by atoms with van der Waals surface area (Å²) in [6.45, 7) is 2.70. The van der Waals surface area contributed by atoms with Crippen molar-refractivity contribution < 1.29 is 32.0 Å². The second kappa shape index (κ2) is 5.09. The molecule has 0 atom stereocenters. The van der Waals surface area contributed by atoms with E-state index in [1.165, 1.54) is 13.8 Å². The molecule has 0 bridgehead atoms. The van der Waals surface area contributed by atoms with Crippen molar-refractivity contribution in [2.45, 2.75) is 13.8 Å². The van der Waals surface area contributed by atoms with Gasteiger partial charge in [0, 0.05) is 11.6 Å². The molecule has 0 aromatic heterocycles. The van der Waals surface area contributed by atoms with E-state index in [4.69, 9.17) is 0 Å². The van der Waals surface area contributed by atoms with Crippen molar-refractivity contribution in [3.05, 3.63) is 6.42 Å². The Morgan fingerprint density at radius 3 is 1.38 bits per heavy atom. The van der Waals surface area contributed by atoms with Gasteiger partial charge in [-0.3, -0.25) is 6.42 Å². The Morgan fingerprint density at radius 1 is 1.12 bits per heavy atom. The van der Waals surface area contributed by atoms with Crippen LogP contribution in [0, 0.1) is 6.42 Å². The first-order chi connectivity index (χ1) is 3.13. The van der Waals surface area contributed by atoms with Crippen LogP contribution in [-0.2, 0) is 32.0 Å². The molecule has 0 amide bonds. The summed E-state index contributed by atoms with van der Waals surface area (Å²) in [7, 11) is 0. The summed E-state index contributed by atoms with van der Waals surface area (Å²) in [5.74, 6) is -0.375. The quantitative estimate of drug-likeness (QED) is 0.419. The van der Waals surface area contributed by atoms with Crippen molar-refractivity contribution in [1.82, 2.24) is 0 Å². The second-order valence-electron chi connectivity index (χ2n) is 1.37. The van der Waals surface area contributed by atoms with Gasteiger partial charge in [-0.1, -0.05) is 0 Å². The number of ketones is 2. The molecule has 0 N–H and O–H groups in total. The molecule has 0 saturated heterocycles. The summed E-state index contributed by atoms with van der Waals surface area (Å²) in [6, 6.07) is 0. The molecule has 0 rings (SSSR count). The molecule has 2 nitrogen and oxygen atoms in total. The molecule has 0 aliphatic rings. The number of rotatable bonds is 2. The molecule has 0 spiro atoms. The zero-order valence-electron chi connectivity index (χ0n) is 4.70. The van der Waals surface area contributed by atoms with Crippen LogP contribution in [0.1, 0.15) is 13.8 Å². The Hall–Kier alpha value is -0.0497. The predicted octanol–water partition coefficient (Wildman–Crippen LogP) is 0.366. The fourth-order valence-electron chi connectivity index (χ4n) is 0.286. The van der Waals surface area contributed by atoms with Crippen LogP contribution in [0.15, 0.2) is 0 Å². The van der Waals surface area contributed by atoms with Crippen LogP contribution in [0.25, 0.3) is 0 Å². The minimum Gasteiger partial charge on any atom is -0.334 e. The molecule has 0 aliphatic carbocycles. The first-order valence-electron chi connectivity index (χ1n) is 1.99. The zero-order chi connectivity index (χ0) is 5.86. The molecule has 0 fully saturated rings. The van der Waals surface area contributed by atoms with Crippen molar-refractivity contribution >= 4 is 11.6 Å². The van der Waals surface area contributed by atoms with Crippen LogP contribution in [0.4, 0.5) is 0 Å². The molecule has 0 heterocycles. The third-order valence-corrected chi connectivity index (χ3v) is 0.407. The molecule has 0 unspecified atom stereocenters. The van der Waals surface area contributed by atoms with Crippen molar-refractivity contribution in [1.29, 1.82) is 0 Å². The third kappa shape index (κ3) is 9.34. The first-order valence-corrected chi connectivity index (χ1v) is 1.99. The van der Waals surface area contributed by atoms with E-state index in [1.54, 1.807) is 0 Å². The Balaban J connectivity index is 0. The van der Waals surface area contributed by atoms with E-state index in [0.29, 0.717) is 0 Å². The average molecular weight is 296 g/mol. The van der Waals surface area contributed by atoms with Crippen LogP contribution in [0.2, 0.25) is 0 Å². The van der Waals surface area contributed by atoms with Gasteiger partial charge in [-0.05, 0) is 13.8 Å². The van der Waals surface area contributed by atoms with Crippen molar-refractivity contribution in [2.75, 3.05) is 0 Å². The monoisotopic (exact) mass is 296 g/mol. The van der Waals surface area contributed by atoms with Crippen LogP contribution < -0.4 is 0 Å². The average Bonchev–Trinajstić information content (AvgIpc) is 1.27. The maximum atomic E-state index is 9.98. The van der Waals surface area contributed by atoms with Crippen LogP contribution >= 0.6 is 0 Å². The van der Waals surface area contributed by atoms with E-state index >= 15 is 0 Å². The normalized spacial score (nSPS) is 6.75. The standard InChI is InChI=1S/C5H7O2.Au/c1-4(6)3-5(2)7;/h3H,1-2H3;/q-1;+1. The zero-order valence-corrected chi connectivity index (χ0v) is 6.86. The fraction of sp³-hybridized carbons (Fsp3) is 0.400. The second-order valence-corrected chi connectivity index (χ2v) is 1.37. The summed E-state index contributed by atoms with van der Waals surface area (Å²) in [6.07, 6.45) is 1.06. The summed E-state index contributed by atoms with van der Waals surface area (Å²) < 4.78 is 0. The van der Waals surface area contributed by atoms with Gasteiger partial charge in [0.15, 0.2) is 0 Å². The molecule has 0 saturated carbocycles. The minimum absolute atomic E-state index is 0. The molecule has 0 radical (unpaired) electrons. The van der Waals surface area contributed by atoms with Crippen molar-refractivity contribution in [3.63, 3.8) is 0 Å². The molecule has 0 aliphatic heterocycles. The molecule has 8 heavy (non-hydrogen) atoms. The topological polar surface area (TPSA) is 34.1 Å². The smallest absolute Gasteiger partial charge is 0.334 e. The molecular formula is C5H7AuO2. The van der Waals surface area contributed by atoms with Gasteiger partial charge in [0.2, 0.25) is 0 Å². The maximum absolute atomic E-state index is 9.98. The maximum Gasteiger partial charge on any atom is 1.00 e. The van der Waals surface area contributed by atoms with Gasteiger partial charge in [0.05, 0.1) is 0 Å². The van der Waals surface area contributed by atoms with E-state index in [0.717, 1.165) is 6.42 Å². The first kappa shape index (κ1) is 10.8. The Bertz CT molecular complexity index is 86.6. The van der Waals surface area contributed by atoms with Gasteiger partial charge < -0.3 is 9.59 Å². The summed E-state index contributed by atoms with van der Waals surface area (Å²) in [5, 5.41) is 0. The molecular weight excluding hydrogens is 289 g/mol. The van der Waals surface area contributed by atoms with Gasteiger partial charge >= 0.3 is 22.4 Å². The number of hydrogen-bond acceptors (Lipinski definition) is 2. The van der Waals surface area contributed by atoms with Gasteiger partial charge in [-0.15, -0.1) is 0 Å². The van der Waals surface area contributed by atoms with Gasteiger partial charge in [-0.25, -0.2) is 0 Å². The van der Waals surface area contributed by atoms with E-state index in [9.17, 15) is 9.59 Å². The van der Waals surface area contributed by atoms with Crippen LogP contribution in [-0.4, -0.2) is 11.6 Å². The van der Waals surface area contributed by atoms with Gasteiger partial charge in [-0.2, -0.15) is 0 Å². The van der Waals surface area contributed by atoms with Crippen molar-refractivity contribution in [3.8, 4) is 0 Å². The number of carbonyl (C=O) groups excluding carboxylic acids is 2. The predicted molar refractivity (Wildman–Crippen MR) is 25.7 cm³/mol. The van der Waals surface area contributed by atoms with E-state index in [2.05, 4.69) is 0 Å². The minimum atomic E-state index is -0.187. The summed E-state index contributed by atoms with van der Waals surface area (Å²) >= 11 is 0. The molecule has 3 heteroatoms. The summed E-state index contributed by atoms with van der Waals surface area (Å²) in [4.78, 5) is 20.0. The van der Waals surface area contributed by atoms with Crippen molar-refractivity contribution in [2.24, 2.45) is 0 Å². The molecule has 0 aromatic rings. The van der Waals surface area contributed by atoms with Gasteiger partial charge in [0.1, 0.15) is 0 Å². The van der Waals surface area contributed by atoms with E-state index < -0.39 is 0 Å². The fourth-order valence-corrected chi connectivity index (χ4v) is 0.286.